The van der Waals surface area contributed by atoms with E-state index in [-0.39, 0.29) is 25.2 Å². The molecule has 0 fully saturated rings. The lowest BCUT2D eigenvalue weighted by Gasteiger charge is -2.19. The third-order valence-electron chi connectivity index (χ3n) is 3.54. The monoisotopic (exact) mass is 354 g/mol. The van der Waals surface area contributed by atoms with Gasteiger partial charge in [-0.2, -0.15) is 0 Å². The van der Waals surface area contributed by atoms with Crippen LogP contribution < -0.4 is 11.1 Å². The molecule has 0 saturated carbocycles. The summed E-state index contributed by atoms with van der Waals surface area (Å²) in [6.07, 6.45) is 1.06. The summed E-state index contributed by atoms with van der Waals surface area (Å²) in [4.78, 5) is 21.1. The molecule has 0 aliphatic heterocycles. The van der Waals surface area contributed by atoms with Gasteiger partial charge in [0.25, 0.3) is 0 Å². The summed E-state index contributed by atoms with van der Waals surface area (Å²) in [5, 5.41) is 10.8. The second-order valence-corrected chi connectivity index (χ2v) is 5.52. The van der Waals surface area contributed by atoms with Crippen molar-refractivity contribution >= 4 is 17.6 Å². The number of hydrogen-bond acceptors (Lipinski definition) is 6. The van der Waals surface area contributed by atoms with E-state index in [1.165, 1.54) is 5.56 Å². The predicted octanol–water partition coefficient (Wildman–Crippen LogP) is 2.22. The lowest BCUT2D eigenvalue weighted by molar-refractivity contribution is -0.145. The number of anilines is 1. The molecular formula is C18H30N2O5. The number of carboxylic acid groups (broad SMARTS) is 1. The minimum Gasteiger partial charge on any atom is -0.480 e. The number of benzene rings is 1. The molecule has 0 aliphatic rings. The number of hydrogen-bond donors (Lipinski definition) is 3. The van der Waals surface area contributed by atoms with E-state index in [2.05, 4.69) is 31.0 Å². The first-order valence-electron chi connectivity index (χ1n) is 8.30. The number of nitrogens with two attached hydrogens (primary N) is 1. The molecule has 25 heavy (non-hydrogen) atoms. The van der Waals surface area contributed by atoms with Crippen molar-refractivity contribution in [3.63, 3.8) is 0 Å². The second kappa shape index (κ2) is 13.2. The molecule has 7 nitrogen and oxygen atoms in total. The summed E-state index contributed by atoms with van der Waals surface area (Å²) in [6, 6.07) is 7.71. The number of nitrogens with one attached hydrogen (secondary N) is 1. The molecule has 4 N–H and O–H groups in total. The molecule has 0 bridgehead atoms. The molecule has 0 aliphatic carbocycles. The summed E-state index contributed by atoms with van der Waals surface area (Å²) < 4.78 is 9.97. The molecule has 142 valence electrons. The van der Waals surface area contributed by atoms with E-state index in [1.54, 1.807) is 7.11 Å². The molecule has 0 saturated heterocycles. The fraction of sp³-hybridized carbons (Fsp3) is 0.556. The maximum atomic E-state index is 11.8. The van der Waals surface area contributed by atoms with Crippen LogP contribution in [0.1, 0.15) is 38.7 Å². The number of methoxy groups -OCH3 is 1. The molecule has 0 radical (unpaired) electrons. The SMILES string of the molecule is CCC(C)c1ccccc1N[C@@H](C)C(=O)OCCOC.NCC(=O)O. The van der Waals surface area contributed by atoms with E-state index in [0.29, 0.717) is 12.5 Å². The fourth-order valence-corrected chi connectivity index (χ4v) is 1.92. The number of esters is 1. The molecule has 1 rings (SSSR count). The van der Waals surface area contributed by atoms with Gasteiger partial charge in [0.15, 0.2) is 0 Å². The summed E-state index contributed by atoms with van der Waals surface area (Å²) in [7, 11) is 1.58. The first-order chi connectivity index (χ1) is 11.9. The van der Waals surface area contributed by atoms with Crippen LogP contribution in [0.15, 0.2) is 24.3 Å². The van der Waals surface area contributed by atoms with Crippen LogP contribution in [0.3, 0.4) is 0 Å². The van der Waals surface area contributed by atoms with Crippen LogP contribution in [0, 0.1) is 0 Å². The zero-order chi connectivity index (χ0) is 19.2. The molecule has 0 spiro atoms. The van der Waals surface area contributed by atoms with E-state index >= 15 is 0 Å². The molecule has 2 atom stereocenters. The van der Waals surface area contributed by atoms with Crippen LogP contribution in [-0.2, 0) is 19.1 Å². The van der Waals surface area contributed by atoms with Crippen LogP contribution in [0.2, 0.25) is 0 Å². The molecule has 0 aromatic heterocycles. The van der Waals surface area contributed by atoms with Crippen molar-refractivity contribution < 1.29 is 24.2 Å². The Balaban J connectivity index is 0.00000101. The molecule has 0 amide bonds. The minimum absolute atomic E-state index is 0.263. The van der Waals surface area contributed by atoms with Gasteiger partial charge in [0.05, 0.1) is 13.2 Å². The summed E-state index contributed by atoms with van der Waals surface area (Å²) in [5.74, 6) is -0.776. The van der Waals surface area contributed by atoms with Crippen molar-refractivity contribution in [3.05, 3.63) is 29.8 Å². The van der Waals surface area contributed by atoms with Gasteiger partial charge in [-0.25, -0.2) is 4.79 Å². The second-order valence-electron chi connectivity index (χ2n) is 5.52. The number of aliphatic carboxylic acids is 1. The smallest absolute Gasteiger partial charge is 0.328 e. The Morgan fingerprint density at radius 3 is 2.36 bits per heavy atom. The van der Waals surface area contributed by atoms with Gasteiger partial charge in [-0.15, -0.1) is 0 Å². The van der Waals surface area contributed by atoms with E-state index < -0.39 is 5.97 Å². The first kappa shape index (κ1) is 22.9. The quantitative estimate of drug-likeness (QED) is 0.460. The third-order valence-corrected chi connectivity index (χ3v) is 3.54. The van der Waals surface area contributed by atoms with Gasteiger partial charge in [-0.05, 0) is 30.9 Å². The lowest BCUT2D eigenvalue weighted by atomic mass is 9.96. The molecule has 1 aromatic carbocycles. The lowest BCUT2D eigenvalue weighted by Crippen LogP contribution is -2.29. The van der Waals surface area contributed by atoms with Crippen LogP contribution in [0.5, 0.6) is 0 Å². The molecule has 1 aromatic rings. The normalized spacial score (nSPS) is 12.4. The Bertz CT molecular complexity index is 522. The van der Waals surface area contributed by atoms with Crippen LogP contribution in [0.25, 0.3) is 0 Å². The molecule has 7 heteroatoms. The highest BCUT2D eigenvalue weighted by molar-refractivity contribution is 5.79. The number of rotatable bonds is 9. The van der Waals surface area contributed by atoms with Crippen molar-refractivity contribution in [2.75, 3.05) is 32.2 Å². The number of carbonyl (C=O) groups excluding carboxylic acids is 1. The molecular weight excluding hydrogens is 324 g/mol. The Labute approximate surface area is 149 Å². The van der Waals surface area contributed by atoms with Gasteiger partial charge >= 0.3 is 11.9 Å². The maximum Gasteiger partial charge on any atom is 0.328 e. The fourth-order valence-electron chi connectivity index (χ4n) is 1.92. The largest absolute Gasteiger partial charge is 0.480 e. The van der Waals surface area contributed by atoms with Crippen LogP contribution in [0.4, 0.5) is 5.69 Å². The number of carboxylic acids is 1. The van der Waals surface area contributed by atoms with Crippen LogP contribution >= 0.6 is 0 Å². The van der Waals surface area contributed by atoms with Crippen molar-refractivity contribution in [1.29, 1.82) is 0 Å². The zero-order valence-corrected chi connectivity index (χ0v) is 15.5. The highest BCUT2D eigenvalue weighted by Gasteiger charge is 2.16. The Hall–Kier alpha value is -2.12. The van der Waals surface area contributed by atoms with Crippen molar-refractivity contribution in [1.82, 2.24) is 0 Å². The van der Waals surface area contributed by atoms with Gasteiger partial charge in [0.1, 0.15) is 12.6 Å². The van der Waals surface area contributed by atoms with Gasteiger partial charge in [-0.3, -0.25) is 4.79 Å². The number of ether oxygens (including phenoxy) is 2. The van der Waals surface area contributed by atoms with Gasteiger partial charge < -0.3 is 25.6 Å². The minimum atomic E-state index is -0.968. The Morgan fingerprint density at radius 1 is 1.24 bits per heavy atom. The van der Waals surface area contributed by atoms with Crippen LogP contribution in [-0.4, -0.2) is 50.0 Å². The standard InChI is InChI=1S/C16H25NO3.C2H5NO2/c1-5-12(2)14-8-6-7-9-15(14)17-13(3)16(18)20-11-10-19-4;3-1-2(4)5/h6-9,12-13,17H,5,10-11H2,1-4H3;1,3H2,(H,4,5)/t12?,13-;/m0./s1. The number of para-hydroxylation sites is 1. The van der Waals surface area contributed by atoms with Crippen molar-refractivity contribution in [3.8, 4) is 0 Å². The van der Waals surface area contributed by atoms with Crippen molar-refractivity contribution in [2.24, 2.45) is 5.73 Å². The number of carbonyl (C=O) groups is 2. The summed E-state index contributed by atoms with van der Waals surface area (Å²) >= 11 is 0. The Morgan fingerprint density at radius 2 is 1.84 bits per heavy atom. The summed E-state index contributed by atoms with van der Waals surface area (Å²) in [5.41, 5.74) is 6.80. The molecule has 0 heterocycles. The highest BCUT2D eigenvalue weighted by Crippen LogP contribution is 2.26. The predicted molar refractivity (Wildman–Crippen MR) is 97.8 cm³/mol. The average molecular weight is 354 g/mol. The molecule has 1 unspecified atom stereocenters. The van der Waals surface area contributed by atoms with E-state index in [1.807, 2.05) is 25.1 Å². The average Bonchev–Trinajstić information content (AvgIpc) is 2.62. The summed E-state index contributed by atoms with van der Waals surface area (Å²) in [6.45, 7) is 6.57. The van der Waals surface area contributed by atoms with Crippen molar-refractivity contribution in [2.45, 2.75) is 39.2 Å². The van der Waals surface area contributed by atoms with E-state index in [0.717, 1.165) is 12.1 Å². The maximum absolute atomic E-state index is 11.8. The Kier molecular flexibility index (Phi) is 12.1. The highest BCUT2D eigenvalue weighted by atomic mass is 16.6. The van der Waals surface area contributed by atoms with Gasteiger partial charge in [0, 0.05) is 12.8 Å². The van der Waals surface area contributed by atoms with E-state index in [4.69, 9.17) is 14.6 Å². The van der Waals surface area contributed by atoms with E-state index in [9.17, 15) is 9.59 Å². The van der Waals surface area contributed by atoms with Gasteiger partial charge in [-0.1, -0.05) is 32.0 Å². The first-order valence-corrected chi connectivity index (χ1v) is 8.30. The topological polar surface area (TPSA) is 111 Å². The zero-order valence-electron chi connectivity index (χ0n) is 15.5. The third kappa shape index (κ3) is 9.69. The van der Waals surface area contributed by atoms with Gasteiger partial charge in [0.2, 0.25) is 0 Å².